The van der Waals surface area contributed by atoms with E-state index in [0.29, 0.717) is 5.56 Å². The molecule has 1 aromatic carbocycles. The standard InChI is InChI=1S/C19H23N3O3/c1-24-19(23)14-2-3-16-17(11-14)22(12-15-6-9-25-15)18(21-16)10-13-4-7-20-8-5-13/h2-3,10-11,15,20H,4-9,12H2,1H3. The van der Waals surface area contributed by atoms with Crippen LogP contribution in [-0.4, -0.2) is 48.4 Å². The number of aromatic nitrogens is 2. The summed E-state index contributed by atoms with van der Waals surface area (Å²) in [5.41, 5.74) is 3.82. The van der Waals surface area contributed by atoms with Gasteiger partial charge in [0.1, 0.15) is 5.82 Å². The second-order valence-electron chi connectivity index (χ2n) is 6.61. The molecule has 6 heteroatoms. The Kier molecular flexibility index (Phi) is 4.55. The average Bonchev–Trinajstić information content (AvgIpc) is 2.94. The number of rotatable bonds is 4. The lowest BCUT2D eigenvalue weighted by molar-refractivity contribution is -0.0587. The maximum atomic E-state index is 11.9. The number of hydrogen-bond donors (Lipinski definition) is 1. The molecule has 0 spiro atoms. The van der Waals surface area contributed by atoms with Crippen molar-refractivity contribution in [1.29, 1.82) is 0 Å². The molecule has 0 bridgehead atoms. The molecule has 132 valence electrons. The summed E-state index contributed by atoms with van der Waals surface area (Å²) in [5, 5.41) is 3.38. The lowest BCUT2D eigenvalue weighted by Gasteiger charge is -2.27. The van der Waals surface area contributed by atoms with Gasteiger partial charge < -0.3 is 19.4 Å². The molecule has 2 saturated heterocycles. The Morgan fingerprint density at radius 1 is 1.44 bits per heavy atom. The van der Waals surface area contributed by atoms with Gasteiger partial charge in [-0.2, -0.15) is 0 Å². The van der Waals surface area contributed by atoms with E-state index in [1.807, 2.05) is 12.1 Å². The first-order chi connectivity index (χ1) is 12.2. The predicted molar refractivity (Wildman–Crippen MR) is 95.5 cm³/mol. The minimum atomic E-state index is -0.326. The highest BCUT2D eigenvalue weighted by molar-refractivity contribution is 5.94. The van der Waals surface area contributed by atoms with Gasteiger partial charge in [-0.3, -0.25) is 0 Å². The summed E-state index contributed by atoms with van der Waals surface area (Å²) in [7, 11) is 1.40. The molecule has 2 fully saturated rings. The molecule has 25 heavy (non-hydrogen) atoms. The maximum absolute atomic E-state index is 11.9. The second-order valence-corrected chi connectivity index (χ2v) is 6.61. The lowest BCUT2D eigenvalue weighted by Crippen LogP contribution is -2.31. The van der Waals surface area contributed by atoms with E-state index in [0.717, 1.165) is 62.4 Å². The van der Waals surface area contributed by atoms with E-state index in [4.69, 9.17) is 14.5 Å². The Morgan fingerprint density at radius 3 is 2.92 bits per heavy atom. The number of nitrogens with one attached hydrogen (secondary N) is 1. The number of carbonyl (C=O) groups excluding carboxylic acids is 1. The third-order valence-electron chi connectivity index (χ3n) is 4.96. The monoisotopic (exact) mass is 341 g/mol. The summed E-state index contributed by atoms with van der Waals surface area (Å²) in [6.45, 7) is 3.62. The van der Waals surface area contributed by atoms with E-state index in [-0.39, 0.29) is 12.1 Å². The molecule has 3 heterocycles. The van der Waals surface area contributed by atoms with Crippen molar-refractivity contribution in [2.75, 3.05) is 26.8 Å². The maximum Gasteiger partial charge on any atom is 0.337 e. The summed E-state index contributed by atoms with van der Waals surface area (Å²) >= 11 is 0. The van der Waals surface area contributed by atoms with E-state index in [1.165, 1.54) is 12.7 Å². The second kappa shape index (κ2) is 6.98. The molecule has 0 amide bonds. The Labute approximate surface area is 146 Å². The first kappa shape index (κ1) is 16.3. The minimum Gasteiger partial charge on any atom is -0.465 e. The molecule has 0 saturated carbocycles. The van der Waals surface area contributed by atoms with Crippen molar-refractivity contribution < 1.29 is 14.3 Å². The van der Waals surface area contributed by atoms with E-state index in [2.05, 4.69) is 16.0 Å². The van der Waals surface area contributed by atoms with E-state index >= 15 is 0 Å². The van der Waals surface area contributed by atoms with Crippen LogP contribution in [0.3, 0.4) is 0 Å². The van der Waals surface area contributed by atoms with Crippen molar-refractivity contribution in [3.05, 3.63) is 35.2 Å². The highest BCUT2D eigenvalue weighted by Crippen LogP contribution is 2.25. The fourth-order valence-electron chi connectivity index (χ4n) is 3.40. The molecule has 2 aliphatic heterocycles. The van der Waals surface area contributed by atoms with Gasteiger partial charge in [-0.05, 0) is 56.6 Å². The summed E-state index contributed by atoms with van der Waals surface area (Å²) < 4.78 is 12.7. The molecule has 0 aliphatic carbocycles. The van der Waals surface area contributed by atoms with Crippen LogP contribution in [0.25, 0.3) is 17.1 Å². The fraction of sp³-hybridized carbons (Fsp3) is 0.474. The third kappa shape index (κ3) is 3.32. The zero-order chi connectivity index (χ0) is 17.2. The smallest absolute Gasteiger partial charge is 0.337 e. The van der Waals surface area contributed by atoms with Crippen LogP contribution in [0, 0.1) is 0 Å². The third-order valence-corrected chi connectivity index (χ3v) is 4.96. The van der Waals surface area contributed by atoms with Crippen LogP contribution in [0.15, 0.2) is 23.8 Å². The fourth-order valence-corrected chi connectivity index (χ4v) is 3.40. The molecule has 4 rings (SSSR count). The van der Waals surface area contributed by atoms with E-state index < -0.39 is 0 Å². The van der Waals surface area contributed by atoms with E-state index in [1.54, 1.807) is 6.07 Å². The Hall–Kier alpha value is -2.18. The molecule has 1 aromatic heterocycles. The molecule has 0 radical (unpaired) electrons. The van der Waals surface area contributed by atoms with Crippen molar-refractivity contribution in [3.63, 3.8) is 0 Å². The largest absolute Gasteiger partial charge is 0.465 e. The highest BCUT2D eigenvalue weighted by Gasteiger charge is 2.22. The molecule has 2 aromatic rings. The number of hydrogen-bond acceptors (Lipinski definition) is 5. The number of esters is 1. The Balaban J connectivity index is 1.76. The number of ether oxygens (including phenoxy) is 2. The Morgan fingerprint density at radius 2 is 2.24 bits per heavy atom. The number of imidazole rings is 1. The van der Waals surface area contributed by atoms with Crippen molar-refractivity contribution >= 4 is 23.1 Å². The molecule has 1 atom stereocenters. The number of carbonyl (C=O) groups is 1. The molecule has 1 N–H and O–H groups in total. The van der Waals surface area contributed by atoms with Gasteiger partial charge in [0.2, 0.25) is 0 Å². The summed E-state index contributed by atoms with van der Waals surface area (Å²) in [5.74, 6) is 0.622. The van der Waals surface area contributed by atoms with Crippen LogP contribution in [-0.2, 0) is 16.0 Å². The van der Waals surface area contributed by atoms with Gasteiger partial charge in [0.25, 0.3) is 0 Å². The van der Waals surface area contributed by atoms with Gasteiger partial charge in [-0.25, -0.2) is 9.78 Å². The summed E-state index contributed by atoms with van der Waals surface area (Å²) in [4.78, 5) is 16.7. The number of nitrogens with zero attached hydrogens (tertiary/aromatic N) is 2. The van der Waals surface area contributed by atoms with Gasteiger partial charge in [0.05, 0.1) is 36.4 Å². The summed E-state index contributed by atoms with van der Waals surface area (Å²) in [6, 6.07) is 5.54. The van der Waals surface area contributed by atoms with Gasteiger partial charge in [-0.15, -0.1) is 0 Å². The number of piperidine rings is 1. The van der Waals surface area contributed by atoms with Crippen molar-refractivity contribution in [3.8, 4) is 0 Å². The zero-order valence-electron chi connectivity index (χ0n) is 14.5. The van der Waals surface area contributed by atoms with Crippen LogP contribution in [0.5, 0.6) is 0 Å². The first-order valence-electron chi connectivity index (χ1n) is 8.85. The number of methoxy groups -OCH3 is 1. The van der Waals surface area contributed by atoms with Crippen LogP contribution in [0.4, 0.5) is 0 Å². The van der Waals surface area contributed by atoms with E-state index in [9.17, 15) is 4.79 Å². The van der Waals surface area contributed by atoms with Crippen LogP contribution in [0.2, 0.25) is 0 Å². The topological polar surface area (TPSA) is 65.4 Å². The number of benzene rings is 1. The SMILES string of the molecule is COC(=O)c1ccc2nc(C=C3CCNCC3)n(CC3CCO3)c2c1. The molecular weight excluding hydrogens is 318 g/mol. The van der Waals surface area contributed by atoms with Gasteiger partial charge >= 0.3 is 5.97 Å². The Bertz CT molecular complexity index is 813. The number of fused-ring (bicyclic) bond motifs is 1. The molecule has 6 nitrogen and oxygen atoms in total. The quantitative estimate of drug-likeness (QED) is 0.865. The molecular formula is C19H23N3O3. The molecule has 2 aliphatic rings. The van der Waals surface area contributed by atoms with Gasteiger partial charge in [0, 0.05) is 6.61 Å². The van der Waals surface area contributed by atoms with Crippen molar-refractivity contribution in [2.45, 2.75) is 31.9 Å². The highest BCUT2D eigenvalue weighted by atomic mass is 16.5. The van der Waals surface area contributed by atoms with Crippen LogP contribution in [0.1, 0.15) is 35.4 Å². The normalized spacial score (nSPS) is 20.4. The van der Waals surface area contributed by atoms with Crippen molar-refractivity contribution in [1.82, 2.24) is 14.9 Å². The van der Waals surface area contributed by atoms with Gasteiger partial charge in [0.15, 0.2) is 0 Å². The van der Waals surface area contributed by atoms with Gasteiger partial charge in [-0.1, -0.05) is 5.57 Å². The average molecular weight is 341 g/mol. The molecule has 1 unspecified atom stereocenters. The predicted octanol–water partition coefficient (Wildman–Crippen LogP) is 2.38. The van der Waals surface area contributed by atoms with Crippen LogP contribution >= 0.6 is 0 Å². The minimum absolute atomic E-state index is 0.226. The van der Waals surface area contributed by atoms with Crippen LogP contribution < -0.4 is 5.32 Å². The first-order valence-corrected chi connectivity index (χ1v) is 8.85. The van der Waals surface area contributed by atoms with Crippen molar-refractivity contribution in [2.24, 2.45) is 0 Å². The lowest BCUT2D eigenvalue weighted by atomic mass is 10.1. The summed E-state index contributed by atoms with van der Waals surface area (Å²) in [6.07, 6.45) is 5.60. The zero-order valence-corrected chi connectivity index (χ0v) is 14.5.